The first kappa shape index (κ1) is 26.8. The minimum absolute atomic E-state index is 0.0207. The Labute approximate surface area is 214 Å². The molecule has 4 rings (SSSR count). The van der Waals surface area contributed by atoms with Crippen molar-refractivity contribution in [3.63, 3.8) is 0 Å². The molecule has 1 aliphatic heterocycles. The molecule has 0 radical (unpaired) electrons. The lowest BCUT2D eigenvalue weighted by Crippen LogP contribution is -2.33. The van der Waals surface area contributed by atoms with E-state index in [9.17, 15) is 29.7 Å². The number of rotatable bonds is 10. The van der Waals surface area contributed by atoms with Crippen molar-refractivity contribution in [1.82, 2.24) is 29.3 Å². The van der Waals surface area contributed by atoms with Crippen LogP contribution in [0, 0.1) is 0 Å². The van der Waals surface area contributed by atoms with E-state index in [1.807, 2.05) is 0 Å². The summed E-state index contributed by atoms with van der Waals surface area (Å²) >= 11 is 0. The number of imidazole rings is 1. The molecule has 1 aliphatic rings. The zero-order valence-corrected chi connectivity index (χ0v) is 20.3. The number of hydrogen-bond donors (Lipinski definition) is 4. The van der Waals surface area contributed by atoms with E-state index in [-0.39, 0.29) is 47.3 Å². The van der Waals surface area contributed by atoms with Gasteiger partial charge in [-0.15, -0.1) is 0 Å². The summed E-state index contributed by atoms with van der Waals surface area (Å²) in [6.45, 7) is 2.94. The normalized spacial score (nSPS) is 21.4. The van der Waals surface area contributed by atoms with Gasteiger partial charge in [-0.25, -0.2) is 19.3 Å². The van der Waals surface area contributed by atoms with Gasteiger partial charge in [-0.1, -0.05) is 0 Å². The maximum atomic E-state index is 12.1. The van der Waals surface area contributed by atoms with Crippen LogP contribution in [0.4, 0.5) is 5.82 Å². The molecular formula is C22H25N7O9. The summed E-state index contributed by atoms with van der Waals surface area (Å²) in [5.74, 6) is -1.51. The van der Waals surface area contributed by atoms with Gasteiger partial charge in [0.1, 0.15) is 23.9 Å². The molecule has 3 aromatic heterocycles. The summed E-state index contributed by atoms with van der Waals surface area (Å²) in [6.07, 6.45) is 0.234. The molecule has 0 saturated carbocycles. The molecule has 4 atom stereocenters. The molecule has 1 saturated heterocycles. The third-order valence-electron chi connectivity index (χ3n) is 5.50. The average molecular weight is 531 g/mol. The molecule has 3 aromatic rings. The van der Waals surface area contributed by atoms with Gasteiger partial charge < -0.3 is 34.8 Å². The Balaban J connectivity index is 1.81. The van der Waals surface area contributed by atoms with Crippen molar-refractivity contribution in [2.45, 2.75) is 38.4 Å². The quantitative estimate of drug-likeness (QED) is 0.0800. The summed E-state index contributed by atoms with van der Waals surface area (Å²) in [5, 5.41) is 37.0. The number of nitrogens with one attached hydrogen (secondary N) is 1. The van der Waals surface area contributed by atoms with Crippen molar-refractivity contribution >= 4 is 35.2 Å². The number of fused-ring (bicyclic) bond motifs is 1. The summed E-state index contributed by atoms with van der Waals surface area (Å²) < 4.78 is 17.9. The van der Waals surface area contributed by atoms with Crippen LogP contribution in [0.2, 0.25) is 0 Å². The number of hydrogen-bond acceptors (Lipinski definition) is 14. The van der Waals surface area contributed by atoms with Crippen molar-refractivity contribution < 1.29 is 43.9 Å². The number of esters is 2. The van der Waals surface area contributed by atoms with Crippen LogP contribution < -0.4 is 5.32 Å². The Kier molecular flexibility index (Phi) is 8.06. The van der Waals surface area contributed by atoms with Gasteiger partial charge in [0, 0.05) is 12.4 Å². The minimum atomic E-state index is -1.43. The number of nitrogens with zero attached hydrogens (tertiary/aromatic N) is 6. The van der Waals surface area contributed by atoms with Gasteiger partial charge in [-0.2, -0.15) is 15.1 Å². The smallest absolute Gasteiger partial charge is 0.342 e. The van der Waals surface area contributed by atoms with Crippen LogP contribution in [0.1, 0.15) is 30.4 Å². The minimum Gasteiger partial charge on any atom is -0.462 e. The summed E-state index contributed by atoms with van der Waals surface area (Å²) in [7, 11) is 0. The van der Waals surface area contributed by atoms with E-state index in [0.29, 0.717) is 6.29 Å². The fourth-order valence-electron chi connectivity index (χ4n) is 3.66. The Morgan fingerprint density at radius 2 is 1.95 bits per heavy atom. The fraction of sp³-hybridized carbons (Fsp3) is 0.409. The Bertz CT molecular complexity index is 1370. The largest absolute Gasteiger partial charge is 0.462 e. The molecular weight excluding hydrogens is 506 g/mol. The number of carbonyl (C=O) groups excluding carboxylic acids is 3. The van der Waals surface area contributed by atoms with Crippen LogP contribution in [0.3, 0.4) is 0 Å². The monoisotopic (exact) mass is 531 g/mol. The maximum Gasteiger partial charge on any atom is 0.342 e. The Morgan fingerprint density at radius 3 is 2.61 bits per heavy atom. The lowest BCUT2D eigenvalue weighted by Gasteiger charge is -2.17. The molecule has 38 heavy (non-hydrogen) atoms. The number of carbonyl (C=O) groups is 3. The van der Waals surface area contributed by atoms with Crippen LogP contribution >= 0.6 is 0 Å². The molecule has 0 aliphatic carbocycles. The zero-order chi connectivity index (χ0) is 27.4. The van der Waals surface area contributed by atoms with Gasteiger partial charge in [0.05, 0.1) is 37.9 Å². The third kappa shape index (κ3) is 5.10. The van der Waals surface area contributed by atoms with E-state index in [1.165, 1.54) is 28.0 Å². The van der Waals surface area contributed by atoms with E-state index in [2.05, 4.69) is 25.4 Å². The standard InChI is InChI=1S/C22H25N7O9/c1-3-36-20(34)11-6-25-29(7-11)22-26-17(23-5-12(8-30)21(35)37-4-2)14-18(27-22)28(10-24-14)19-16(33)15(32)13(9-31)38-19/h5-8,10,13,15-16,19,31-33H,3-4,9H2,1-2H3,(H,23,26,27)/b12-5+/t13-,15-,16-,19-/m1/s1. The highest BCUT2D eigenvalue weighted by molar-refractivity contribution is 6.08. The van der Waals surface area contributed by atoms with Gasteiger partial charge in [-0.3, -0.25) is 9.36 Å². The number of ether oxygens (including phenoxy) is 3. The highest BCUT2D eigenvalue weighted by Crippen LogP contribution is 2.32. The predicted octanol–water partition coefficient (Wildman–Crippen LogP) is -1.14. The third-order valence-corrected chi connectivity index (χ3v) is 5.50. The van der Waals surface area contributed by atoms with Gasteiger partial charge in [0.2, 0.25) is 0 Å². The van der Waals surface area contributed by atoms with Crippen molar-refractivity contribution in [3.05, 3.63) is 36.1 Å². The fourth-order valence-corrected chi connectivity index (χ4v) is 3.66. The molecule has 0 amide bonds. The second-order valence-corrected chi connectivity index (χ2v) is 7.90. The van der Waals surface area contributed by atoms with Gasteiger partial charge in [0.25, 0.3) is 5.95 Å². The van der Waals surface area contributed by atoms with Crippen molar-refractivity contribution in [3.8, 4) is 5.95 Å². The summed E-state index contributed by atoms with van der Waals surface area (Å²) in [4.78, 5) is 48.6. The maximum absolute atomic E-state index is 12.1. The van der Waals surface area contributed by atoms with E-state index in [4.69, 9.17) is 14.2 Å². The molecule has 0 bridgehead atoms. The van der Waals surface area contributed by atoms with Crippen LogP contribution in [-0.2, 0) is 23.8 Å². The lowest BCUT2D eigenvalue weighted by atomic mass is 10.1. The molecule has 0 spiro atoms. The topological polar surface area (TPSA) is 213 Å². The molecule has 4 heterocycles. The summed E-state index contributed by atoms with van der Waals surface area (Å²) in [5.41, 5.74) is 0.0338. The lowest BCUT2D eigenvalue weighted by molar-refractivity contribution is -0.139. The molecule has 4 N–H and O–H groups in total. The van der Waals surface area contributed by atoms with Gasteiger partial charge >= 0.3 is 11.9 Å². The van der Waals surface area contributed by atoms with E-state index in [1.54, 1.807) is 13.8 Å². The van der Waals surface area contributed by atoms with Gasteiger partial charge in [-0.05, 0) is 13.8 Å². The zero-order valence-electron chi connectivity index (χ0n) is 20.3. The van der Waals surface area contributed by atoms with Crippen molar-refractivity contribution in [2.75, 3.05) is 25.1 Å². The van der Waals surface area contributed by atoms with Crippen molar-refractivity contribution in [2.24, 2.45) is 0 Å². The Morgan fingerprint density at radius 1 is 1.18 bits per heavy atom. The molecule has 16 nitrogen and oxygen atoms in total. The number of aliphatic hydroxyl groups is 3. The first-order valence-corrected chi connectivity index (χ1v) is 11.5. The van der Waals surface area contributed by atoms with Gasteiger partial charge in [0.15, 0.2) is 29.5 Å². The number of aromatic nitrogens is 6. The van der Waals surface area contributed by atoms with E-state index < -0.39 is 43.1 Å². The highest BCUT2D eigenvalue weighted by atomic mass is 16.6. The van der Waals surface area contributed by atoms with E-state index in [0.717, 1.165) is 6.20 Å². The first-order chi connectivity index (χ1) is 18.3. The van der Waals surface area contributed by atoms with Crippen molar-refractivity contribution in [1.29, 1.82) is 0 Å². The molecule has 0 aromatic carbocycles. The molecule has 16 heteroatoms. The molecule has 202 valence electrons. The number of anilines is 1. The van der Waals surface area contributed by atoms with Crippen LogP contribution in [0.25, 0.3) is 17.1 Å². The SMILES string of the molecule is CCOC(=O)/C(C=O)=C/Nc1nc(-n2cc(C(=O)OCC)cn2)nc2c1ncn2[C@@H]1O[C@H](CO)[C@@H](O)[C@H]1O. The van der Waals surface area contributed by atoms with E-state index >= 15 is 0 Å². The average Bonchev–Trinajstić information content (AvgIpc) is 3.63. The number of aldehydes is 1. The second-order valence-electron chi connectivity index (χ2n) is 7.90. The second kappa shape index (κ2) is 11.4. The highest BCUT2D eigenvalue weighted by Gasteiger charge is 2.44. The van der Waals surface area contributed by atoms with Crippen LogP contribution in [0.15, 0.2) is 30.5 Å². The van der Waals surface area contributed by atoms with Crippen LogP contribution in [-0.4, -0.2) is 101 Å². The predicted molar refractivity (Wildman–Crippen MR) is 126 cm³/mol. The molecule has 0 unspecified atom stereocenters. The first-order valence-electron chi connectivity index (χ1n) is 11.5. The summed E-state index contributed by atoms with van der Waals surface area (Å²) in [6, 6.07) is 0. The molecule has 1 fully saturated rings. The number of aliphatic hydroxyl groups excluding tert-OH is 3. The Hall–Kier alpha value is -4.25. The van der Waals surface area contributed by atoms with Crippen LogP contribution in [0.5, 0.6) is 0 Å².